The number of nitrogens with zero attached hydrogens (tertiary/aromatic N) is 1. The van der Waals surface area contributed by atoms with Crippen molar-refractivity contribution < 1.29 is 95.8 Å². The van der Waals surface area contributed by atoms with Gasteiger partial charge in [0.05, 0.1) is 33.0 Å². The van der Waals surface area contributed by atoms with Crippen LogP contribution in [0.3, 0.4) is 0 Å². The topological polar surface area (TPSA) is 225 Å². The van der Waals surface area contributed by atoms with Gasteiger partial charge in [0.15, 0.2) is 6.10 Å². The number of ether oxygens (including phenoxy) is 4. The zero-order valence-corrected chi connectivity index (χ0v) is 48.6. The third-order valence-corrected chi connectivity index (χ3v) is 13.4. The molecule has 0 aliphatic carbocycles. The van der Waals surface area contributed by atoms with Gasteiger partial charge in [0.1, 0.15) is 13.2 Å². The third-order valence-electron chi connectivity index (χ3n) is 12.4. The maximum Gasteiger partial charge on any atom is 1.00 e. The summed E-state index contributed by atoms with van der Waals surface area (Å²) >= 11 is 0. The first kappa shape index (κ1) is 77.0. The van der Waals surface area contributed by atoms with Gasteiger partial charge in [0.25, 0.3) is 19.6 Å². The Hall–Kier alpha value is -2.21. The normalized spacial score (nSPS) is 13.1. The van der Waals surface area contributed by atoms with Gasteiger partial charge in [-0.05, 0) is 12.8 Å². The van der Waals surface area contributed by atoms with Crippen molar-refractivity contribution in [3.63, 3.8) is 0 Å². The van der Waals surface area contributed by atoms with Crippen LogP contribution in [0.1, 0.15) is 241 Å². The van der Waals surface area contributed by atoms with Crippen molar-refractivity contribution in [1.82, 2.24) is 15.5 Å². The number of phosphoric ester groups is 1. The van der Waals surface area contributed by atoms with E-state index < -0.39 is 56.8 Å². The molecular weight excluding hydrogens is 993 g/mol. The van der Waals surface area contributed by atoms with Crippen LogP contribution < -0.4 is 45.1 Å². The van der Waals surface area contributed by atoms with Crippen LogP contribution in [0.2, 0.25) is 0 Å². The summed E-state index contributed by atoms with van der Waals surface area (Å²) in [6.07, 6.45) is 37.7. The Morgan fingerprint density at radius 2 is 0.920 bits per heavy atom. The Morgan fingerprint density at radius 3 is 1.39 bits per heavy atom. The standard InChI is InChI=1S/C54H98N3O14P.2CH4.Na/c1-3-5-7-9-11-13-15-17-19-21-23-25-27-29-31-33-53(62)68-45-48(71-54(63)34-32-30-28-26-24-22-20-18-16-14-12-10-8-6-4-2)46-70-72(64,65)69-42-39-56-50(59)47-67-44-43-66-41-38-55-49(58)37-40-57-51(60)35-36-52(57)61;;;/h35-36,48H,3-34,37-47H2,1-2H3,(H,55,58)(H,56,59)(H,64,65);2*1H4;/q;;;+1/p-1/t48-;;;/m1.../s1. The van der Waals surface area contributed by atoms with Crippen molar-refractivity contribution in [3.8, 4) is 0 Å². The fraction of sp³-hybridized carbons (Fsp3) is 0.857. The number of hydrogen-bond donors (Lipinski definition) is 2. The summed E-state index contributed by atoms with van der Waals surface area (Å²) in [7, 11) is -4.90. The molecule has 0 aromatic heterocycles. The van der Waals surface area contributed by atoms with E-state index in [2.05, 4.69) is 24.5 Å². The maximum atomic E-state index is 12.8. The van der Waals surface area contributed by atoms with E-state index in [0.717, 1.165) is 55.6 Å². The predicted molar refractivity (Wildman–Crippen MR) is 291 cm³/mol. The molecule has 1 aliphatic rings. The first-order valence-electron chi connectivity index (χ1n) is 28.1. The van der Waals surface area contributed by atoms with E-state index in [-0.39, 0.29) is 122 Å². The number of carbonyl (C=O) groups excluding carboxylic acids is 6. The minimum absolute atomic E-state index is 0. The van der Waals surface area contributed by atoms with Gasteiger partial charge >= 0.3 is 41.5 Å². The molecule has 0 saturated carbocycles. The van der Waals surface area contributed by atoms with Crippen molar-refractivity contribution in [2.45, 2.75) is 247 Å². The van der Waals surface area contributed by atoms with E-state index in [1.807, 2.05) is 0 Å². The average molecular weight is 1100 g/mol. The van der Waals surface area contributed by atoms with Crippen molar-refractivity contribution >= 4 is 43.4 Å². The van der Waals surface area contributed by atoms with Gasteiger partial charge in [0, 0.05) is 51.0 Å². The smallest absolute Gasteiger partial charge is 0.756 e. The van der Waals surface area contributed by atoms with E-state index in [4.69, 9.17) is 28.0 Å². The first-order chi connectivity index (χ1) is 35.0. The Morgan fingerprint density at radius 1 is 0.520 bits per heavy atom. The van der Waals surface area contributed by atoms with Crippen molar-refractivity contribution in [2.75, 3.05) is 65.9 Å². The molecule has 0 fully saturated rings. The van der Waals surface area contributed by atoms with Crippen molar-refractivity contribution in [1.29, 1.82) is 0 Å². The zero-order valence-electron chi connectivity index (χ0n) is 45.7. The molecule has 0 radical (unpaired) electrons. The van der Waals surface area contributed by atoms with Gasteiger partial charge in [-0.1, -0.05) is 208 Å². The fourth-order valence-electron chi connectivity index (χ4n) is 8.11. The van der Waals surface area contributed by atoms with Crippen LogP contribution in [0.5, 0.6) is 0 Å². The number of hydrogen-bond acceptors (Lipinski definition) is 14. The number of amides is 4. The molecule has 1 rings (SSSR count). The van der Waals surface area contributed by atoms with Gasteiger partial charge in [-0.15, -0.1) is 0 Å². The molecule has 1 unspecified atom stereocenters. The Labute approximate surface area is 476 Å². The minimum Gasteiger partial charge on any atom is -0.756 e. The van der Waals surface area contributed by atoms with Crippen LogP contribution in [0.15, 0.2) is 12.2 Å². The van der Waals surface area contributed by atoms with Crippen molar-refractivity contribution in [2.24, 2.45) is 0 Å². The molecule has 434 valence electrons. The summed E-state index contributed by atoms with van der Waals surface area (Å²) in [5.41, 5.74) is 0. The molecule has 0 saturated heterocycles. The van der Waals surface area contributed by atoms with Crippen LogP contribution >= 0.6 is 7.82 Å². The largest absolute Gasteiger partial charge is 1.00 e. The Bertz CT molecular complexity index is 1490. The number of rotatable bonds is 53. The van der Waals surface area contributed by atoms with Crippen LogP contribution in [-0.4, -0.2) is 112 Å². The van der Waals surface area contributed by atoms with Gasteiger partial charge in [-0.2, -0.15) is 0 Å². The van der Waals surface area contributed by atoms with Crippen LogP contribution in [0.25, 0.3) is 0 Å². The molecule has 0 bridgehead atoms. The molecule has 17 nitrogen and oxygen atoms in total. The van der Waals surface area contributed by atoms with E-state index in [9.17, 15) is 38.2 Å². The molecule has 2 N–H and O–H groups in total. The summed E-state index contributed by atoms with van der Waals surface area (Å²) < 4.78 is 44.1. The van der Waals surface area contributed by atoms with Gasteiger partial charge in [-0.25, -0.2) is 0 Å². The minimum atomic E-state index is -4.90. The van der Waals surface area contributed by atoms with Crippen LogP contribution in [-0.2, 0) is 61.3 Å². The number of nitrogens with one attached hydrogen (secondary N) is 2. The number of unbranched alkanes of at least 4 members (excludes halogenated alkanes) is 28. The Balaban J connectivity index is -0.0000173. The molecule has 0 aromatic carbocycles. The Kier molecular flexibility index (Phi) is 56.6. The monoisotopic (exact) mass is 1100 g/mol. The molecule has 75 heavy (non-hydrogen) atoms. The van der Waals surface area contributed by atoms with Gasteiger partial charge in [-0.3, -0.25) is 38.2 Å². The number of phosphoric acid groups is 1. The molecule has 2 atom stereocenters. The van der Waals surface area contributed by atoms with Crippen molar-refractivity contribution in [3.05, 3.63) is 12.2 Å². The summed E-state index contributed by atoms with van der Waals surface area (Å²) in [5, 5.41) is 5.09. The molecular formula is C56H105N3NaO14P. The second kappa shape index (κ2) is 55.1. The molecule has 4 amide bonds. The van der Waals surface area contributed by atoms with E-state index in [1.54, 1.807) is 0 Å². The second-order valence-corrected chi connectivity index (χ2v) is 20.5. The summed E-state index contributed by atoms with van der Waals surface area (Å²) in [4.78, 5) is 86.2. The second-order valence-electron chi connectivity index (χ2n) is 19.0. The fourth-order valence-corrected chi connectivity index (χ4v) is 8.85. The van der Waals surface area contributed by atoms with E-state index in [1.165, 1.54) is 141 Å². The first-order valence-corrected chi connectivity index (χ1v) is 29.6. The SMILES string of the molecule is C.C.CCCCCCCCCCCCCCCCCC(=O)OC[C@H](COP(=O)([O-])OCCNC(=O)COCCOCCNC(=O)CCN1C(=O)C=CC1=O)OC(=O)CCCCCCCCCCCCCCCCC.[Na+]. The van der Waals surface area contributed by atoms with Gasteiger partial charge in [0.2, 0.25) is 11.8 Å². The van der Waals surface area contributed by atoms with Gasteiger partial charge < -0.3 is 43.5 Å². The maximum absolute atomic E-state index is 12.8. The average Bonchev–Trinajstić information content (AvgIpc) is 3.68. The number of carbonyl (C=O) groups is 6. The molecule has 0 aromatic rings. The third kappa shape index (κ3) is 49.8. The molecule has 19 heteroatoms. The summed E-state index contributed by atoms with van der Waals surface area (Å²) in [6.45, 7) is 3.19. The van der Waals surface area contributed by atoms with E-state index in [0.29, 0.717) is 12.8 Å². The van der Waals surface area contributed by atoms with Crippen LogP contribution in [0, 0.1) is 0 Å². The quantitative estimate of drug-likeness (QED) is 0.0192. The summed E-state index contributed by atoms with van der Waals surface area (Å²) in [6, 6.07) is 0. The molecule has 1 aliphatic heterocycles. The molecule has 1 heterocycles. The molecule has 0 spiro atoms. The predicted octanol–water partition coefficient (Wildman–Crippen LogP) is 8.32. The van der Waals surface area contributed by atoms with E-state index >= 15 is 0 Å². The zero-order chi connectivity index (χ0) is 52.6. The number of esters is 2. The summed E-state index contributed by atoms with van der Waals surface area (Å²) in [5.74, 6) is -2.74. The van der Waals surface area contributed by atoms with Crippen LogP contribution in [0.4, 0.5) is 0 Å². The number of imide groups is 1.